The van der Waals surface area contributed by atoms with Crippen LogP contribution in [0.1, 0.15) is 39.7 Å². The highest BCUT2D eigenvalue weighted by Crippen LogP contribution is 2.24. The predicted molar refractivity (Wildman–Crippen MR) is 94.5 cm³/mol. The fourth-order valence-corrected chi connectivity index (χ4v) is 2.03. The summed E-state index contributed by atoms with van der Waals surface area (Å²) in [6.45, 7) is 7.52. The standard InChI is InChI=1S/C20H26O3/c1-5-7-9-16(6-2)12-13-23-18-11-8-10-17(14-18)15-20(3,4)19(21)22/h5,7-14H,6,15H2,1-4H3,(H,21,22)/b7-5-,13-12+,16-9-. The van der Waals surface area contributed by atoms with Crippen molar-refractivity contribution in [1.29, 1.82) is 0 Å². The van der Waals surface area contributed by atoms with Crippen molar-refractivity contribution in [3.05, 3.63) is 66.0 Å². The van der Waals surface area contributed by atoms with Gasteiger partial charge in [0.15, 0.2) is 0 Å². The Bertz CT molecular complexity index is 607. The topological polar surface area (TPSA) is 46.5 Å². The van der Waals surface area contributed by atoms with E-state index >= 15 is 0 Å². The molecular weight excluding hydrogens is 288 g/mol. The van der Waals surface area contributed by atoms with Crippen LogP contribution in [0, 0.1) is 5.41 Å². The van der Waals surface area contributed by atoms with Crippen LogP contribution < -0.4 is 4.74 Å². The molecule has 3 nitrogen and oxygen atoms in total. The summed E-state index contributed by atoms with van der Waals surface area (Å²) in [6.07, 6.45) is 11.0. The van der Waals surface area contributed by atoms with Gasteiger partial charge in [0.2, 0.25) is 0 Å². The second-order valence-corrected chi connectivity index (χ2v) is 6.05. The molecule has 0 spiro atoms. The number of hydrogen-bond donors (Lipinski definition) is 1. The van der Waals surface area contributed by atoms with Gasteiger partial charge in [-0.15, -0.1) is 0 Å². The molecule has 1 aromatic rings. The van der Waals surface area contributed by atoms with Crippen molar-refractivity contribution in [2.24, 2.45) is 5.41 Å². The Balaban J connectivity index is 2.76. The van der Waals surface area contributed by atoms with E-state index in [4.69, 9.17) is 4.74 Å². The molecule has 0 aromatic heterocycles. The summed E-state index contributed by atoms with van der Waals surface area (Å²) in [5.41, 5.74) is 1.33. The molecule has 0 amide bonds. The first kappa shape index (κ1) is 18.8. The molecule has 124 valence electrons. The minimum atomic E-state index is -0.801. The maximum absolute atomic E-state index is 11.2. The molecule has 0 fully saturated rings. The van der Waals surface area contributed by atoms with Crippen LogP contribution >= 0.6 is 0 Å². The first-order chi connectivity index (χ1) is 10.9. The number of rotatable bonds is 8. The Morgan fingerprint density at radius 2 is 2.09 bits per heavy atom. The summed E-state index contributed by atoms with van der Waals surface area (Å²) in [4.78, 5) is 11.2. The van der Waals surface area contributed by atoms with Crippen molar-refractivity contribution in [3.63, 3.8) is 0 Å². The van der Waals surface area contributed by atoms with E-state index in [0.29, 0.717) is 12.2 Å². The lowest BCUT2D eigenvalue weighted by molar-refractivity contribution is -0.146. The lowest BCUT2D eigenvalue weighted by Crippen LogP contribution is -2.26. The Morgan fingerprint density at radius 1 is 1.35 bits per heavy atom. The minimum Gasteiger partial charge on any atom is -0.481 e. The zero-order chi connectivity index (χ0) is 17.3. The summed E-state index contributed by atoms with van der Waals surface area (Å²) in [5.74, 6) is -0.0909. The van der Waals surface area contributed by atoms with E-state index in [1.807, 2.05) is 55.5 Å². The monoisotopic (exact) mass is 314 g/mol. The van der Waals surface area contributed by atoms with Crippen LogP contribution in [-0.2, 0) is 11.2 Å². The van der Waals surface area contributed by atoms with Crippen LogP contribution in [0.3, 0.4) is 0 Å². The van der Waals surface area contributed by atoms with Gasteiger partial charge in [0.1, 0.15) is 5.75 Å². The van der Waals surface area contributed by atoms with Crippen LogP contribution in [0.4, 0.5) is 0 Å². The normalized spacial score (nSPS) is 13.0. The number of carboxylic acid groups (broad SMARTS) is 1. The van der Waals surface area contributed by atoms with Gasteiger partial charge >= 0.3 is 5.97 Å². The number of hydrogen-bond acceptors (Lipinski definition) is 2. The molecule has 0 radical (unpaired) electrons. The van der Waals surface area contributed by atoms with Crippen molar-refractivity contribution in [3.8, 4) is 5.75 Å². The van der Waals surface area contributed by atoms with Crippen molar-refractivity contribution in [2.45, 2.75) is 40.5 Å². The molecule has 0 aliphatic rings. The van der Waals surface area contributed by atoms with Gasteiger partial charge in [0.25, 0.3) is 0 Å². The van der Waals surface area contributed by atoms with E-state index in [0.717, 1.165) is 12.0 Å². The maximum Gasteiger partial charge on any atom is 0.309 e. The molecule has 0 bridgehead atoms. The van der Waals surface area contributed by atoms with Gasteiger partial charge in [0, 0.05) is 0 Å². The summed E-state index contributed by atoms with van der Waals surface area (Å²) in [7, 11) is 0. The molecule has 0 saturated heterocycles. The summed E-state index contributed by atoms with van der Waals surface area (Å²) < 4.78 is 5.64. The molecule has 0 aliphatic carbocycles. The van der Waals surface area contributed by atoms with Crippen LogP contribution in [-0.4, -0.2) is 11.1 Å². The highest BCUT2D eigenvalue weighted by Gasteiger charge is 2.27. The molecule has 0 unspecified atom stereocenters. The number of aliphatic carboxylic acids is 1. The van der Waals surface area contributed by atoms with E-state index in [1.165, 1.54) is 5.57 Å². The maximum atomic E-state index is 11.2. The minimum absolute atomic E-state index is 0.463. The van der Waals surface area contributed by atoms with Crippen LogP contribution in [0.15, 0.2) is 60.4 Å². The largest absolute Gasteiger partial charge is 0.481 e. The summed E-state index contributed by atoms with van der Waals surface area (Å²) >= 11 is 0. The van der Waals surface area contributed by atoms with E-state index in [2.05, 4.69) is 6.92 Å². The van der Waals surface area contributed by atoms with Gasteiger partial charge in [-0.05, 0) is 63.0 Å². The van der Waals surface area contributed by atoms with E-state index in [1.54, 1.807) is 20.1 Å². The smallest absolute Gasteiger partial charge is 0.309 e. The molecular formula is C20H26O3. The zero-order valence-corrected chi connectivity index (χ0v) is 14.4. The third kappa shape index (κ3) is 6.55. The average Bonchev–Trinajstić information content (AvgIpc) is 2.50. The molecule has 1 rings (SSSR count). The van der Waals surface area contributed by atoms with Crippen LogP contribution in [0.25, 0.3) is 0 Å². The van der Waals surface area contributed by atoms with E-state index in [-0.39, 0.29) is 0 Å². The van der Waals surface area contributed by atoms with Gasteiger partial charge in [-0.3, -0.25) is 4.79 Å². The van der Waals surface area contributed by atoms with Gasteiger partial charge in [-0.2, -0.15) is 0 Å². The molecule has 0 aliphatic heterocycles. The molecule has 3 heteroatoms. The quantitative estimate of drug-likeness (QED) is 0.533. The van der Waals surface area contributed by atoms with Crippen LogP contribution in [0.2, 0.25) is 0 Å². The first-order valence-corrected chi connectivity index (χ1v) is 7.86. The first-order valence-electron chi connectivity index (χ1n) is 7.86. The van der Waals surface area contributed by atoms with E-state index < -0.39 is 11.4 Å². The Morgan fingerprint density at radius 3 is 2.70 bits per heavy atom. The fraction of sp³-hybridized carbons (Fsp3) is 0.350. The zero-order valence-electron chi connectivity index (χ0n) is 14.4. The van der Waals surface area contributed by atoms with E-state index in [9.17, 15) is 9.90 Å². The molecule has 1 aromatic carbocycles. The predicted octanol–water partition coefficient (Wildman–Crippen LogP) is 5.14. The van der Waals surface area contributed by atoms with Gasteiger partial charge < -0.3 is 9.84 Å². The lowest BCUT2D eigenvalue weighted by Gasteiger charge is -2.19. The third-order valence-electron chi connectivity index (χ3n) is 3.52. The van der Waals surface area contributed by atoms with Crippen LogP contribution in [0.5, 0.6) is 5.75 Å². The molecule has 1 N–H and O–H groups in total. The number of ether oxygens (including phenoxy) is 1. The molecule has 0 saturated carbocycles. The highest BCUT2D eigenvalue weighted by atomic mass is 16.5. The molecule has 23 heavy (non-hydrogen) atoms. The van der Waals surface area contributed by atoms with Crippen molar-refractivity contribution in [1.82, 2.24) is 0 Å². The van der Waals surface area contributed by atoms with Gasteiger partial charge in [-0.1, -0.05) is 37.3 Å². The lowest BCUT2D eigenvalue weighted by atomic mass is 9.86. The van der Waals surface area contributed by atoms with Crippen molar-refractivity contribution < 1.29 is 14.6 Å². The second kappa shape index (κ2) is 8.99. The summed E-state index contributed by atoms with van der Waals surface area (Å²) in [5, 5.41) is 9.22. The average molecular weight is 314 g/mol. The highest BCUT2D eigenvalue weighted by molar-refractivity contribution is 5.74. The number of carbonyl (C=O) groups is 1. The summed E-state index contributed by atoms with van der Waals surface area (Å²) in [6, 6.07) is 7.55. The van der Waals surface area contributed by atoms with Gasteiger partial charge in [-0.25, -0.2) is 0 Å². The fourth-order valence-electron chi connectivity index (χ4n) is 2.03. The Hall–Kier alpha value is -2.29. The van der Waals surface area contributed by atoms with Crippen molar-refractivity contribution in [2.75, 3.05) is 0 Å². The number of benzene rings is 1. The SMILES string of the molecule is C\C=C/C=C(\C=C\Oc1cccc(CC(C)(C)C(=O)O)c1)CC. The number of allylic oxidation sites excluding steroid dienone is 5. The number of carboxylic acids is 1. The van der Waals surface area contributed by atoms with Crippen molar-refractivity contribution >= 4 is 5.97 Å². The molecule has 0 heterocycles. The van der Waals surface area contributed by atoms with Gasteiger partial charge in [0.05, 0.1) is 11.7 Å². The second-order valence-electron chi connectivity index (χ2n) is 6.05. The molecule has 0 atom stereocenters. The third-order valence-corrected chi connectivity index (χ3v) is 3.52. The Kier molecular flexibility index (Phi) is 7.33. The Labute approximate surface area is 139 Å².